The third-order valence-electron chi connectivity index (χ3n) is 10.2. The molecule has 2 N–H and O–H groups in total. The number of carboxylic acids is 1. The third-order valence-corrected chi connectivity index (χ3v) is 11.7. The zero-order valence-electron chi connectivity index (χ0n) is 24.6. The van der Waals surface area contributed by atoms with Gasteiger partial charge in [-0.05, 0) is 73.7 Å². The van der Waals surface area contributed by atoms with Crippen LogP contribution in [0.4, 0.5) is 0 Å². The van der Waals surface area contributed by atoms with Gasteiger partial charge in [-0.3, -0.25) is 9.59 Å². The summed E-state index contributed by atoms with van der Waals surface area (Å²) in [5, 5.41) is 11.5. The number of piperazine rings is 1. The highest BCUT2D eigenvalue weighted by Crippen LogP contribution is 2.65. The number of aromatic nitrogens is 1. The number of nitrogens with one attached hydrogen (secondary N) is 1. The van der Waals surface area contributed by atoms with Gasteiger partial charge in [0, 0.05) is 60.7 Å². The second-order valence-corrected chi connectivity index (χ2v) is 14.4. The number of nitrogens with zero attached hydrogens (tertiary/aromatic N) is 3. The number of likely N-dealkylation sites (N-methyl/N-ethyl adjacent to an activating group) is 1. The van der Waals surface area contributed by atoms with Crippen LogP contribution in [0.25, 0.3) is 22.2 Å². The van der Waals surface area contributed by atoms with Gasteiger partial charge in [-0.1, -0.05) is 25.3 Å². The van der Waals surface area contributed by atoms with Crippen molar-refractivity contribution in [2.24, 2.45) is 5.41 Å². The van der Waals surface area contributed by atoms with Crippen LogP contribution in [-0.2, 0) is 21.5 Å². The minimum atomic E-state index is -4.00. The minimum absolute atomic E-state index is 0.135. The Labute approximate surface area is 251 Å². The SMILES string of the molecule is COc1ccc2c(c1)C1CC1(C(=O)O)Cn1c-2c(C2CCCCC2)c2ccc(C(=O)NS(=O)(=O)N3CCN(C)CC3)cc21. The summed E-state index contributed by atoms with van der Waals surface area (Å²) in [4.78, 5) is 28.3. The number of hydrogen-bond acceptors (Lipinski definition) is 6. The number of aliphatic carboxylic acids is 1. The van der Waals surface area contributed by atoms with E-state index in [0.29, 0.717) is 44.3 Å². The van der Waals surface area contributed by atoms with E-state index in [1.807, 2.05) is 30.1 Å². The summed E-state index contributed by atoms with van der Waals surface area (Å²) in [5.41, 5.74) is 4.30. The van der Waals surface area contributed by atoms with E-state index in [-0.39, 0.29) is 18.0 Å². The Hall–Kier alpha value is -3.41. The number of hydrogen-bond donors (Lipinski definition) is 2. The van der Waals surface area contributed by atoms with Gasteiger partial charge in [-0.15, -0.1) is 0 Å². The first-order chi connectivity index (χ1) is 20.6. The number of carboxylic acid groups (broad SMARTS) is 1. The normalized spacial score (nSPS) is 24.5. The highest BCUT2D eigenvalue weighted by molar-refractivity contribution is 7.87. The fourth-order valence-corrected chi connectivity index (χ4v) is 8.82. The predicted octanol–water partition coefficient (Wildman–Crippen LogP) is 4.16. The van der Waals surface area contributed by atoms with E-state index >= 15 is 0 Å². The summed E-state index contributed by atoms with van der Waals surface area (Å²) in [6.07, 6.45) is 6.11. The number of ether oxygens (including phenoxy) is 1. The number of rotatable bonds is 6. The van der Waals surface area contributed by atoms with Gasteiger partial charge in [0.1, 0.15) is 5.75 Å². The number of amides is 1. The molecule has 3 aromatic rings. The van der Waals surface area contributed by atoms with Crippen molar-refractivity contribution in [1.29, 1.82) is 0 Å². The predicted molar refractivity (Wildman–Crippen MR) is 163 cm³/mol. The number of methoxy groups -OCH3 is 1. The van der Waals surface area contributed by atoms with Gasteiger partial charge in [-0.2, -0.15) is 12.7 Å². The first-order valence-corrected chi connectivity index (χ1v) is 16.7. The molecule has 2 unspecified atom stereocenters. The first-order valence-electron chi connectivity index (χ1n) is 15.2. The van der Waals surface area contributed by atoms with E-state index in [1.54, 1.807) is 19.2 Å². The zero-order valence-corrected chi connectivity index (χ0v) is 25.5. The Morgan fingerprint density at radius 1 is 1.02 bits per heavy atom. The number of fused-ring (bicyclic) bond motifs is 7. The molecule has 0 bridgehead atoms. The van der Waals surface area contributed by atoms with Crippen LogP contribution in [0.15, 0.2) is 36.4 Å². The van der Waals surface area contributed by atoms with Crippen LogP contribution < -0.4 is 9.46 Å². The average molecular weight is 607 g/mol. The molecule has 2 aliphatic carbocycles. The maximum Gasteiger partial charge on any atom is 0.312 e. The Morgan fingerprint density at radius 3 is 2.47 bits per heavy atom. The van der Waals surface area contributed by atoms with Crippen molar-refractivity contribution in [3.05, 3.63) is 53.1 Å². The molecule has 1 aromatic heterocycles. The molecule has 0 radical (unpaired) electrons. The molecule has 1 amide bonds. The van der Waals surface area contributed by atoms with Gasteiger partial charge in [0.2, 0.25) is 0 Å². The molecule has 7 rings (SSSR count). The van der Waals surface area contributed by atoms with Crippen LogP contribution >= 0.6 is 0 Å². The fourth-order valence-electron chi connectivity index (χ4n) is 7.69. The number of carbonyl (C=O) groups excluding carboxylic acids is 1. The van der Waals surface area contributed by atoms with Crippen molar-refractivity contribution in [3.8, 4) is 17.0 Å². The van der Waals surface area contributed by atoms with Crippen LogP contribution in [-0.4, -0.2) is 79.5 Å². The van der Waals surface area contributed by atoms with Crippen LogP contribution in [0.1, 0.15) is 71.8 Å². The monoisotopic (exact) mass is 606 g/mol. The topological polar surface area (TPSA) is 121 Å². The van der Waals surface area contributed by atoms with Gasteiger partial charge < -0.3 is 19.3 Å². The van der Waals surface area contributed by atoms with Crippen molar-refractivity contribution in [1.82, 2.24) is 18.5 Å². The lowest BCUT2D eigenvalue weighted by Crippen LogP contribution is -2.52. The van der Waals surface area contributed by atoms with E-state index in [9.17, 15) is 23.1 Å². The molecule has 10 nitrogen and oxygen atoms in total. The van der Waals surface area contributed by atoms with Crippen molar-refractivity contribution >= 4 is 33.0 Å². The van der Waals surface area contributed by atoms with E-state index in [2.05, 4.69) is 15.4 Å². The van der Waals surface area contributed by atoms with E-state index in [0.717, 1.165) is 53.4 Å². The average Bonchev–Trinajstić information content (AvgIpc) is 3.68. The Bertz CT molecular complexity index is 1740. The van der Waals surface area contributed by atoms with Crippen molar-refractivity contribution in [2.75, 3.05) is 40.3 Å². The summed E-state index contributed by atoms with van der Waals surface area (Å²) in [6, 6.07) is 11.4. The van der Waals surface area contributed by atoms with Crippen molar-refractivity contribution < 1.29 is 27.9 Å². The van der Waals surface area contributed by atoms with E-state index < -0.39 is 27.5 Å². The van der Waals surface area contributed by atoms with Gasteiger partial charge in [0.25, 0.3) is 5.91 Å². The molecule has 3 fully saturated rings. The molecular formula is C32H38N4O6S. The lowest BCUT2D eigenvalue weighted by molar-refractivity contribution is -0.144. The standard InChI is InChI=1S/C32H38N4O6S/c1-34-12-14-35(15-13-34)43(40,41)33-30(37)21-8-10-24-27(16-21)36-19-32(31(38)39)18-26(32)25-17-22(42-2)9-11-23(25)29(36)28(24)20-6-4-3-5-7-20/h8-11,16-17,20,26H,3-7,12-15,18-19H2,1-2H3,(H,33,37)(H,38,39). The number of carbonyl (C=O) groups is 2. The van der Waals surface area contributed by atoms with Crippen LogP contribution in [0.5, 0.6) is 5.75 Å². The Morgan fingerprint density at radius 2 is 1.77 bits per heavy atom. The molecule has 2 aromatic carbocycles. The van der Waals surface area contributed by atoms with Gasteiger partial charge in [0.15, 0.2) is 0 Å². The largest absolute Gasteiger partial charge is 0.497 e. The second kappa shape index (κ2) is 10.3. The molecule has 0 spiro atoms. The molecule has 2 aliphatic heterocycles. The summed E-state index contributed by atoms with van der Waals surface area (Å²) >= 11 is 0. The Kier molecular flexibility index (Phi) is 6.83. The summed E-state index contributed by atoms with van der Waals surface area (Å²) in [6.45, 7) is 2.12. The van der Waals surface area contributed by atoms with Crippen LogP contribution in [0.3, 0.4) is 0 Å². The molecule has 4 aliphatic rings. The minimum Gasteiger partial charge on any atom is -0.497 e. The molecule has 43 heavy (non-hydrogen) atoms. The lowest BCUT2D eigenvalue weighted by atomic mass is 9.81. The Balaban J connectivity index is 1.37. The lowest BCUT2D eigenvalue weighted by Gasteiger charge is -2.31. The van der Waals surface area contributed by atoms with Gasteiger partial charge in [-0.25, -0.2) is 4.72 Å². The highest BCUT2D eigenvalue weighted by atomic mass is 32.2. The van der Waals surface area contributed by atoms with Gasteiger partial charge in [0.05, 0.1) is 18.2 Å². The number of benzene rings is 2. The fraction of sp³-hybridized carbons (Fsp3) is 0.500. The van der Waals surface area contributed by atoms with E-state index in [4.69, 9.17) is 4.74 Å². The third kappa shape index (κ3) is 4.63. The summed E-state index contributed by atoms with van der Waals surface area (Å²) in [5.74, 6) is -0.632. The molecule has 3 heterocycles. The molecule has 2 atom stereocenters. The zero-order chi connectivity index (χ0) is 30.1. The maximum atomic E-state index is 13.4. The maximum absolute atomic E-state index is 13.4. The van der Waals surface area contributed by atoms with Crippen LogP contribution in [0, 0.1) is 5.41 Å². The van der Waals surface area contributed by atoms with Gasteiger partial charge >= 0.3 is 16.2 Å². The van der Waals surface area contributed by atoms with Crippen molar-refractivity contribution in [3.63, 3.8) is 0 Å². The summed E-state index contributed by atoms with van der Waals surface area (Å²) in [7, 11) is -0.442. The molecular weight excluding hydrogens is 568 g/mol. The molecule has 1 saturated heterocycles. The second-order valence-electron chi connectivity index (χ2n) is 12.7. The molecule has 228 valence electrons. The quantitative estimate of drug-likeness (QED) is 0.432. The van der Waals surface area contributed by atoms with Crippen LogP contribution in [0.2, 0.25) is 0 Å². The molecule has 11 heteroatoms. The van der Waals surface area contributed by atoms with Crippen molar-refractivity contribution in [2.45, 2.75) is 56.9 Å². The summed E-state index contributed by atoms with van der Waals surface area (Å²) < 4.78 is 37.4. The highest BCUT2D eigenvalue weighted by Gasteiger charge is 2.63. The van der Waals surface area contributed by atoms with E-state index in [1.165, 1.54) is 16.3 Å². The first kappa shape index (κ1) is 28.4. The molecule has 2 saturated carbocycles. The smallest absolute Gasteiger partial charge is 0.312 e.